The van der Waals surface area contributed by atoms with E-state index in [-0.39, 0.29) is 49.6 Å². The second-order valence-corrected chi connectivity index (χ2v) is 7.24. The van der Waals surface area contributed by atoms with Gasteiger partial charge in [0.25, 0.3) is 0 Å². The Bertz CT molecular complexity index is 857. The molecule has 2 heterocycles. The molecule has 1 fully saturated rings. The Kier molecular flexibility index (Phi) is 12.2. The number of nitrogens with zero attached hydrogens (tertiary/aromatic N) is 3. The Morgan fingerprint density at radius 1 is 0.821 bits per heavy atom. The van der Waals surface area contributed by atoms with Crippen LogP contribution in [0.3, 0.4) is 0 Å². The van der Waals surface area contributed by atoms with Crippen LogP contribution in [0.4, 0.5) is 0 Å². The number of hydrogen-bond donors (Lipinski definition) is 0. The summed E-state index contributed by atoms with van der Waals surface area (Å²) in [5.41, 5.74) is 3.29. The molecule has 0 atom stereocenters. The summed E-state index contributed by atoms with van der Waals surface area (Å²) in [5, 5.41) is 1.34. The van der Waals surface area contributed by atoms with Crippen molar-refractivity contribution in [3.8, 4) is 0 Å². The van der Waals surface area contributed by atoms with E-state index in [1.165, 1.54) is 12.8 Å². The van der Waals surface area contributed by atoms with Gasteiger partial charge in [0.15, 0.2) is 0 Å². The van der Waals surface area contributed by atoms with Gasteiger partial charge < -0.3 is 4.57 Å². The van der Waals surface area contributed by atoms with Gasteiger partial charge in [-0.25, -0.2) is 4.98 Å². The van der Waals surface area contributed by atoms with Gasteiger partial charge in [-0.15, -0.1) is 49.6 Å². The lowest BCUT2D eigenvalue weighted by atomic mass is 10.2. The van der Waals surface area contributed by atoms with E-state index in [0.717, 1.165) is 48.6 Å². The number of aromatic nitrogens is 2. The number of imidazole rings is 1. The normalized spacial score (nSPS) is 13.2. The van der Waals surface area contributed by atoms with Crippen LogP contribution in [-0.2, 0) is 13.1 Å². The van der Waals surface area contributed by atoms with Gasteiger partial charge >= 0.3 is 0 Å². The third-order valence-corrected chi connectivity index (χ3v) is 5.00. The second kappa shape index (κ2) is 12.3. The molecule has 28 heavy (non-hydrogen) atoms. The fourth-order valence-corrected chi connectivity index (χ4v) is 4.02. The fraction of sp³-hybridized carbons (Fsp3) is 0.316. The molecule has 1 aromatic heterocycles. The van der Waals surface area contributed by atoms with E-state index in [1.807, 2.05) is 18.2 Å². The molecule has 0 N–H and O–H groups in total. The minimum absolute atomic E-state index is 0. The van der Waals surface area contributed by atoms with Gasteiger partial charge in [-0.2, -0.15) is 0 Å². The Hall–Kier alpha value is -0.390. The first-order chi connectivity index (χ1) is 11.7. The van der Waals surface area contributed by atoms with E-state index < -0.39 is 0 Å². The van der Waals surface area contributed by atoms with Crippen molar-refractivity contribution in [3.05, 3.63) is 63.9 Å². The monoisotopic (exact) mass is 503 g/mol. The summed E-state index contributed by atoms with van der Waals surface area (Å²) in [6.07, 6.45) is 2.56. The minimum Gasteiger partial charge on any atom is -0.322 e. The van der Waals surface area contributed by atoms with Crippen LogP contribution in [0, 0.1) is 0 Å². The lowest BCUT2D eigenvalue weighted by Crippen LogP contribution is -2.21. The van der Waals surface area contributed by atoms with Crippen LogP contribution in [0.1, 0.15) is 24.2 Å². The molecule has 9 heteroatoms. The molecule has 1 saturated heterocycles. The molecule has 0 spiro atoms. The van der Waals surface area contributed by atoms with Crippen molar-refractivity contribution in [2.24, 2.45) is 0 Å². The SMILES string of the molecule is Cl.Cl.Cl.Cl.Clc1cc(Cl)cc(Cn2c(CN3CCCC3)nc3ccccc32)c1. The topological polar surface area (TPSA) is 21.1 Å². The molecule has 0 aliphatic carbocycles. The maximum Gasteiger partial charge on any atom is 0.124 e. The lowest BCUT2D eigenvalue weighted by molar-refractivity contribution is 0.318. The predicted molar refractivity (Wildman–Crippen MR) is 129 cm³/mol. The molecule has 3 aromatic rings. The highest BCUT2D eigenvalue weighted by atomic mass is 35.5. The number of para-hydroxylation sites is 2. The van der Waals surface area contributed by atoms with Gasteiger partial charge in [-0.05, 0) is 61.8 Å². The molecule has 156 valence electrons. The number of fused-ring (bicyclic) bond motifs is 1. The van der Waals surface area contributed by atoms with Gasteiger partial charge in [0.2, 0.25) is 0 Å². The van der Waals surface area contributed by atoms with Crippen LogP contribution in [0.5, 0.6) is 0 Å². The van der Waals surface area contributed by atoms with Gasteiger partial charge in [-0.3, -0.25) is 4.90 Å². The largest absolute Gasteiger partial charge is 0.322 e. The number of benzene rings is 2. The van der Waals surface area contributed by atoms with Crippen LogP contribution in [-0.4, -0.2) is 27.5 Å². The minimum atomic E-state index is 0. The average molecular weight is 506 g/mol. The Labute approximate surface area is 200 Å². The molecule has 2 aromatic carbocycles. The van der Waals surface area contributed by atoms with Crippen LogP contribution in [0.15, 0.2) is 42.5 Å². The highest BCUT2D eigenvalue weighted by Gasteiger charge is 2.17. The van der Waals surface area contributed by atoms with Gasteiger partial charge in [0, 0.05) is 16.6 Å². The molecule has 1 aliphatic rings. The van der Waals surface area contributed by atoms with Crippen molar-refractivity contribution < 1.29 is 0 Å². The summed E-state index contributed by atoms with van der Waals surface area (Å²) in [6.45, 7) is 3.94. The number of halogens is 6. The molecule has 0 saturated carbocycles. The molecule has 0 bridgehead atoms. The summed E-state index contributed by atoms with van der Waals surface area (Å²) in [4.78, 5) is 7.35. The summed E-state index contributed by atoms with van der Waals surface area (Å²) < 4.78 is 2.29. The maximum absolute atomic E-state index is 6.17. The molecular formula is C19H23Cl6N3. The third-order valence-electron chi connectivity index (χ3n) is 4.56. The Morgan fingerprint density at radius 3 is 2.07 bits per heavy atom. The quantitative estimate of drug-likeness (QED) is 0.394. The smallest absolute Gasteiger partial charge is 0.124 e. The zero-order valence-corrected chi connectivity index (χ0v) is 19.8. The van der Waals surface area contributed by atoms with Crippen LogP contribution in [0.2, 0.25) is 10.0 Å². The molecular weight excluding hydrogens is 483 g/mol. The molecule has 4 rings (SSSR count). The summed E-state index contributed by atoms with van der Waals surface area (Å²) in [5.74, 6) is 1.11. The van der Waals surface area contributed by atoms with Crippen molar-refractivity contribution in [3.63, 3.8) is 0 Å². The van der Waals surface area contributed by atoms with E-state index >= 15 is 0 Å². The van der Waals surface area contributed by atoms with Crippen molar-refractivity contribution in [1.29, 1.82) is 0 Å². The fourth-order valence-electron chi connectivity index (χ4n) is 3.45. The van der Waals surface area contributed by atoms with Crippen LogP contribution < -0.4 is 0 Å². The summed E-state index contributed by atoms with van der Waals surface area (Å²) in [7, 11) is 0. The van der Waals surface area contributed by atoms with E-state index in [2.05, 4.69) is 27.7 Å². The number of hydrogen-bond acceptors (Lipinski definition) is 2. The first-order valence-corrected chi connectivity index (χ1v) is 9.06. The van der Waals surface area contributed by atoms with E-state index in [9.17, 15) is 0 Å². The molecule has 3 nitrogen and oxygen atoms in total. The maximum atomic E-state index is 6.17. The zero-order valence-electron chi connectivity index (χ0n) is 15.0. The van der Waals surface area contributed by atoms with Crippen molar-refractivity contribution in [2.45, 2.75) is 25.9 Å². The highest BCUT2D eigenvalue weighted by molar-refractivity contribution is 6.34. The van der Waals surface area contributed by atoms with Crippen LogP contribution >= 0.6 is 72.8 Å². The zero-order chi connectivity index (χ0) is 16.5. The lowest BCUT2D eigenvalue weighted by Gasteiger charge is -2.16. The van der Waals surface area contributed by atoms with E-state index in [0.29, 0.717) is 10.0 Å². The summed E-state index contributed by atoms with van der Waals surface area (Å²) >= 11 is 12.3. The van der Waals surface area contributed by atoms with Crippen LogP contribution in [0.25, 0.3) is 11.0 Å². The second-order valence-electron chi connectivity index (χ2n) is 6.36. The average Bonchev–Trinajstić information content (AvgIpc) is 3.16. The predicted octanol–water partition coefficient (Wildman–Crippen LogP) is 6.67. The van der Waals surface area contributed by atoms with Crippen molar-refractivity contribution in [1.82, 2.24) is 14.5 Å². The number of likely N-dealkylation sites (tertiary alicyclic amines) is 1. The molecule has 0 radical (unpaired) electrons. The van der Waals surface area contributed by atoms with E-state index in [4.69, 9.17) is 28.2 Å². The third kappa shape index (κ3) is 6.30. The Balaban J connectivity index is 0.00000182. The molecule has 0 amide bonds. The first-order valence-electron chi connectivity index (χ1n) is 8.30. The van der Waals surface area contributed by atoms with Gasteiger partial charge in [-0.1, -0.05) is 35.3 Å². The van der Waals surface area contributed by atoms with Gasteiger partial charge in [0.05, 0.1) is 17.6 Å². The van der Waals surface area contributed by atoms with Crippen molar-refractivity contribution >= 4 is 83.9 Å². The standard InChI is InChI=1S/C19H19Cl2N3.4ClH/c20-15-9-14(10-16(21)11-15)12-24-18-6-2-1-5-17(18)22-19(24)13-23-7-3-4-8-23;;;;/h1-2,5-6,9-11H,3-4,7-8,12-13H2;4*1H. The van der Waals surface area contributed by atoms with Crippen molar-refractivity contribution in [2.75, 3.05) is 13.1 Å². The molecule has 0 unspecified atom stereocenters. The first kappa shape index (κ1) is 27.6. The summed E-state index contributed by atoms with van der Waals surface area (Å²) in [6, 6.07) is 14.0. The highest BCUT2D eigenvalue weighted by Crippen LogP contribution is 2.24. The number of rotatable bonds is 4. The Morgan fingerprint density at radius 2 is 1.43 bits per heavy atom. The van der Waals surface area contributed by atoms with Gasteiger partial charge in [0.1, 0.15) is 5.82 Å². The van der Waals surface area contributed by atoms with E-state index in [1.54, 1.807) is 6.07 Å². The molecule has 1 aliphatic heterocycles.